The number of benzene rings is 2. The quantitative estimate of drug-likeness (QED) is 0.711. The van der Waals surface area contributed by atoms with Crippen LogP contribution < -0.4 is 11.1 Å². The molecule has 2 N–H and O–H groups in total. The highest BCUT2D eigenvalue weighted by Crippen LogP contribution is 2.45. The highest BCUT2D eigenvalue weighted by molar-refractivity contribution is 5.79. The molecule has 0 radical (unpaired) electrons. The number of oxazole rings is 1. The predicted molar refractivity (Wildman–Crippen MR) is 96.5 cm³/mol. The summed E-state index contributed by atoms with van der Waals surface area (Å²) in [6, 6.07) is 16.4. The Kier molecular flexibility index (Phi) is 4.12. The van der Waals surface area contributed by atoms with Gasteiger partial charge in [-0.15, -0.1) is 0 Å². The van der Waals surface area contributed by atoms with Gasteiger partial charge in [-0.05, 0) is 36.5 Å². The van der Waals surface area contributed by atoms with Crippen LogP contribution in [0, 0.1) is 5.92 Å². The average Bonchev–Trinajstić information content (AvgIpc) is 3.47. The molecule has 0 bridgehead atoms. The van der Waals surface area contributed by atoms with Crippen LogP contribution in [0.3, 0.4) is 0 Å². The molecule has 2 aromatic carbocycles. The van der Waals surface area contributed by atoms with Gasteiger partial charge in [0.1, 0.15) is 12.1 Å². The molecule has 0 aliphatic heterocycles. The third kappa shape index (κ3) is 3.04. The summed E-state index contributed by atoms with van der Waals surface area (Å²) in [6.07, 6.45) is 1.88. The number of amides is 1. The lowest BCUT2D eigenvalue weighted by atomic mass is 9.88. The molecule has 1 amide bonds. The number of fused-ring (bicyclic) bond motifs is 1. The van der Waals surface area contributed by atoms with E-state index in [1.165, 1.54) is 4.57 Å². The number of nitrogens with zero attached hydrogens (tertiary/aromatic N) is 1. The molecule has 1 fully saturated rings. The van der Waals surface area contributed by atoms with E-state index in [0.29, 0.717) is 11.1 Å². The summed E-state index contributed by atoms with van der Waals surface area (Å²) < 4.78 is 6.44. The zero-order chi connectivity index (χ0) is 18.1. The van der Waals surface area contributed by atoms with E-state index >= 15 is 0 Å². The summed E-state index contributed by atoms with van der Waals surface area (Å²) in [5.41, 5.74) is 0.742. The molecule has 1 saturated carbocycles. The van der Waals surface area contributed by atoms with Crippen molar-refractivity contribution in [2.75, 3.05) is 6.54 Å². The normalized spacial score (nSPS) is 16.3. The molecule has 0 saturated heterocycles. The first-order valence-corrected chi connectivity index (χ1v) is 8.71. The Morgan fingerprint density at radius 3 is 2.58 bits per heavy atom. The lowest BCUT2D eigenvalue weighted by molar-refractivity contribution is -0.123. The van der Waals surface area contributed by atoms with Crippen molar-refractivity contribution in [1.29, 1.82) is 0 Å². The molecular weight excluding hydrogens is 332 g/mol. The number of hydrogen-bond donors (Lipinski definition) is 2. The van der Waals surface area contributed by atoms with Crippen LogP contribution in [-0.2, 0) is 16.9 Å². The van der Waals surface area contributed by atoms with Crippen LogP contribution in [0.2, 0.25) is 0 Å². The van der Waals surface area contributed by atoms with Crippen LogP contribution >= 0.6 is 0 Å². The largest absolute Gasteiger partial charge is 0.420 e. The second-order valence-electron chi connectivity index (χ2n) is 6.76. The molecule has 134 valence electrons. The standard InChI is InChI=1S/C20H20N2O4/c23-18(12-22-16-8-4-5-9-17(16)26-19(22)24)21-13-20(25,15-10-11-15)14-6-2-1-3-7-14/h1-9,15,25H,10-13H2,(H,21,23)/t20-/m0/s1. The summed E-state index contributed by atoms with van der Waals surface area (Å²) >= 11 is 0. The van der Waals surface area contributed by atoms with Crippen molar-refractivity contribution in [3.05, 3.63) is 70.7 Å². The van der Waals surface area contributed by atoms with Crippen molar-refractivity contribution >= 4 is 17.0 Å². The van der Waals surface area contributed by atoms with Crippen LogP contribution in [-0.4, -0.2) is 22.1 Å². The molecule has 0 unspecified atom stereocenters. The van der Waals surface area contributed by atoms with Crippen molar-refractivity contribution < 1.29 is 14.3 Å². The van der Waals surface area contributed by atoms with Crippen molar-refractivity contribution in [2.24, 2.45) is 5.92 Å². The van der Waals surface area contributed by atoms with Gasteiger partial charge in [0.2, 0.25) is 5.91 Å². The second-order valence-corrected chi connectivity index (χ2v) is 6.76. The van der Waals surface area contributed by atoms with Crippen molar-refractivity contribution in [2.45, 2.75) is 25.0 Å². The molecule has 1 atom stereocenters. The van der Waals surface area contributed by atoms with E-state index < -0.39 is 11.4 Å². The Labute approximate surface area is 150 Å². The molecule has 6 nitrogen and oxygen atoms in total. The SMILES string of the molecule is O=C(Cn1c(=O)oc2ccccc21)NC[C@](O)(c1ccccc1)C1CC1. The van der Waals surface area contributed by atoms with Crippen molar-refractivity contribution in [3.63, 3.8) is 0 Å². The van der Waals surface area contributed by atoms with Crippen LogP contribution in [0.4, 0.5) is 0 Å². The van der Waals surface area contributed by atoms with Gasteiger partial charge in [0.05, 0.1) is 12.1 Å². The number of aliphatic hydroxyl groups is 1. The molecule has 1 aromatic heterocycles. The number of nitrogens with one attached hydrogen (secondary N) is 1. The molecule has 3 aromatic rings. The topological polar surface area (TPSA) is 84.5 Å². The number of carbonyl (C=O) groups excluding carboxylic acids is 1. The predicted octanol–water partition coefficient (Wildman–Crippen LogP) is 2.01. The highest BCUT2D eigenvalue weighted by atomic mass is 16.4. The van der Waals surface area contributed by atoms with Crippen LogP contribution in [0.1, 0.15) is 18.4 Å². The fraction of sp³-hybridized carbons (Fsp3) is 0.300. The summed E-state index contributed by atoms with van der Waals surface area (Å²) in [6.45, 7) is -0.0313. The number of para-hydroxylation sites is 2. The molecular formula is C20H20N2O4. The van der Waals surface area contributed by atoms with E-state index in [0.717, 1.165) is 18.4 Å². The fourth-order valence-corrected chi connectivity index (χ4v) is 3.37. The monoisotopic (exact) mass is 352 g/mol. The fourth-order valence-electron chi connectivity index (χ4n) is 3.37. The molecule has 1 aliphatic carbocycles. The van der Waals surface area contributed by atoms with Gasteiger partial charge in [-0.1, -0.05) is 42.5 Å². The summed E-state index contributed by atoms with van der Waals surface area (Å²) in [5, 5.41) is 13.9. The van der Waals surface area contributed by atoms with Gasteiger partial charge in [0, 0.05) is 0 Å². The first kappa shape index (κ1) is 16.6. The average molecular weight is 352 g/mol. The van der Waals surface area contributed by atoms with Gasteiger partial charge in [0.15, 0.2) is 5.58 Å². The minimum absolute atomic E-state index is 0.116. The lowest BCUT2D eigenvalue weighted by Crippen LogP contribution is -2.43. The number of aromatic nitrogens is 1. The second kappa shape index (κ2) is 6.46. The van der Waals surface area contributed by atoms with Gasteiger partial charge in [-0.25, -0.2) is 4.79 Å². The Morgan fingerprint density at radius 1 is 1.15 bits per heavy atom. The molecule has 0 spiro atoms. The third-order valence-electron chi connectivity index (χ3n) is 4.96. The summed E-state index contributed by atoms with van der Waals surface area (Å²) in [5.74, 6) is -0.766. The Morgan fingerprint density at radius 2 is 1.85 bits per heavy atom. The van der Waals surface area contributed by atoms with E-state index in [-0.39, 0.29) is 24.9 Å². The zero-order valence-electron chi connectivity index (χ0n) is 14.2. The molecule has 1 aliphatic rings. The van der Waals surface area contributed by atoms with E-state index in [1.807, 2.05) is 30.3 Å². The van der Waals surface area contributed by atoms with Gasteiger partial charge in [-0.2, -0.15) is 0 Å². The zero-order valence-corrected chi connectivity index (χ0v) is 14.2. The van der Waals surface area contributed by atoms with Crippen LogP contribution in [0.15, 0.2) is 63.8 Å². The van der Waals surface area contributed by atoms with Crippen LogP contribution in [0.25, 0.3) is 11.1 Å². The van der Waals surface area contributed by atoms with E-state index in [4.69, 9.17) is 4.42 Å². The minimum atomic E-state index is -1.08. The Bertz CT molecular complexity index is 988. The molecule has 1 heterocycles. The summed E-state index contributed by atoms with van der Waals surface area (Å²) in [4.78, 5) is 24.4. The van der Waals surface area contributed by atoms with E-state index in [1.54, 1.807) is 24.3 Å². The Hall–Kier alpha value is -2.86. The summed E-state index contributed by atoms with van der Waals surface area (Å²) in [7, 11) is 0. The van der Waals surface area contributed by atoms with E-state index in [9.17, 15) is 14.7 Å². The smallest absolute Gasteiger partial charge is 0.408 e. The molecule has 4 rings (SSSR count). The third-order valence-corrected chi connectivity index (χ3v) is 4.96. The highest BCUT2D eigenvalue weighted by Gasteiger charge is 2.45. The van der Waals surface area contributed by atoms with Gasteiger partial charge in [0.25, 0.3) is 0 Å². The van der Waals surface area contributed by atoms with Gasteiger partial charge in [-0.3, -0.25) is 9.36 Å². The minimum Gasteiger partial charge on any atom is -0.408 e. The maximum atomic E-state index is 12.4. The Balaban J connectivity index is 1.49. The maximum Gasteiger partial charge on any atom is 0.420 e. The first-order chi connectivity index (χ1) is 12.6. The molecule has 6 heteroatoms. The molecule has 26 heavy (non-hydrogen) atoms. The van der Waals surface area contributed by atoms with Gasteiger partial charge >= 0.3 is 5.76 Å². The van der Waals surface area contributed by atoms with Gasteiger partial charge < -0.3 is 14.8 Å². The van der Waals surface area contributed by atoms with Crippen LogP contribution in [0.5, 0.6) is 0 Å². The van der Waals surface area contributed by atoms with E-state index in [2.05, 4.69) is 5.32 Å². The maximum absolute atomic E-state index is 12.4. The first-order valence-electron chi connectivity index (χ1n) is 8.71. The number of hydrogen-bond acceptors (Lipinski definition) is 4. The van der Waals surface area contributed by atoms with Crippen molar-refractivity contribution in [3.8, 4) is 0 Å². The van der Waals surface area contributed by atoms with Crippen molar-refractivity contribution in [1.82, 2.24) is 9.88 Å². The lowest BCUT2D eigenvalue weighted by Gasteiger charge is -2.29. The number of carbonyl (C=O) groups is 1. The number of rotatable bonds is 6.